The Morgan fingerprint density at radius 1 is 0.927 bits per heavy atom. The van der Waals surface area contributed by atoms with Crippen molar-refractivity contribution in [1.29, 1.82) is 0 Å². The van der Waals surface area contributed by atoms with Crippen LogP contribution in [-0.4, -0.2) is 93.5 Å². The first-order valence-corrected chi connectivity index (χ1v) is 19.9. The summed E-state index contributed by atoms with van der Waals surface area (Å²) in [4.78, 5) is 37.7. The molecule has 0 saturated carbocycles. The van der Waals surface area contributed by atoms with Crippen LogP contribution >= 0.6 is 0 Å². The molecular formula is C42H53N7O6. The highest BCUT2D eigenvalue weighted by atomic mass is 16.6. The maximum absolute atomic E-state index is 13.9. The highest BCUT2D eigenvalue weighted by molar-refractivity contribution is 6.10. The Labute approximate surface area is 321 Å². The van der Waals surface area contributed by atoms with E-state index in [-0.39, 0.29) is 23.1 Å². The lowest BCUT2D eigenvalue weighted by molar-refractivity contribution is 0.0875. The van der Waals surface area contributed by atoms with Crippen molar-refractivity contribution >= 4 is 45.3 Å². The lowest BCUT2D eigenvalue weighted by atomic mass is 9.93. The van der Waals surface area contributed by atoms with E-state index in [2.05, 4.69) is 30.6 Å². The monoisotopic (exact) mass is 751 g/mol. The molecule has 0 bridgehead atoms. The average molecular weight is 752 g/mol. The molecule has 8 rings (SSSR count). The predicted molar refractivity (Wildman–Crippen MR) is 212 cm³/mol. The number of hydrogen-bond acceptors (Lipinski definition) is 11. The van der Waals surface area contributed by atoms with Crippen LogP contribution in [0, 0.1) is 0 Å². The molecule has 3 saturated heterocycles. The maximum atomic E-state index is 13.9. The molecule has 0 radical (unpaired) electrons. The van der Waals surface area contributed by atoms with Crippen molar-refractivity contribution in [3.63, 3.8) is 0 Å². The number of aliphatic hydroxyl groups is 1. The van der Waals surface area contributed by atoms with E-state index in [1.54, 1.807) is 24.3 Å². The molecule has 4 N–H and O–H groups in total. The number of rotatable bonds is 10. The molecule has 3 aromatic heterocycles. The lowest BCUT2D eigenvalue weighted by Gasteiger charge is -2.39. The lowest BCUT2D eigenvalue weighted by Crippen LogP contribution is -2.48. The quantitative estimate of drug-likeness (QED) is 0.0822. The van der Waals surface area contributed by atoms with Gasteiger partial charge in [-0.05, 0) is 107 Å². The molecule has 1 unspecified atom stereocenters. The van der Waals surface area contributed by atoms with Gasteiger partial charge in [0.1, 0.15) is 17.1 Å². The van der Waals surface area contributed by atoms with Crippen LogP contribution < -0.4 is 15.4 Å². The van der Waals surface area contributed by atoms with Gasteiger partial charge in [0.2, 0.25) is 12.1 Å². The van der Waals surface area contributed by atoms with Crippen molar-refractivity contribution in [3.05, 3.63) is 71.3 Å². The number of aromatic nitrogens is 2. The molecule has 55 heavy (non-hydrogen) atoms. The standard InChI is InChI=1S/C42H53N7O6/c1-42(2,3)37-25-38(46-55-37)45-40(51)43-28-10-12-34-27(22-28)23-36(53-34)39(50)33-24-30-31(26-47-16-6-4-7-17-47)35(13-11-32(30)44-33)54-41(52)49-20-14-29(15-21-49)48-18-8-5-9-19-48/h10-13,22-25,29,40,43-44,51H,4-9,14-21,26H2,1-3H3,(H,45,46). The largest absolute Gasteiger partial charge is 0.453 e. The Morgan fingerprint density at radius 2 is 1.67 bits per heavy atom. The second kappa shape index (κ2) is 15.7. The number of piperidine rings is 3. The fraction of sp³-hybridized carbons (Fsp3) is 0.500. The van der Waals surface area contributed by atoms with Gasteiger partial charge in [0, 0.05) is 64.7 Å². The SMILES string of the molecule is CC(C)(C)c1cc(NC(O)Nc2ccc3oc(C(=O)c4cc5c(CN6CCCCC6)c(OC(=O)N6CCC(N7CCCCC7)CC6)ccc5[nH]4)cc3c2)no1. The van der Waals surface area contributed by atoms with E-state index in [9.17, 15) is 14.7 Å². The minimum Gasteiger partial charge on any atom is -0.453 e. The van der Waals surface area contributed by atoms with Crippen molar-refractivity contribution in [2.75, 3.05) is 49.9 Å². The van der Waals surface area contributed by atoms with Crippen molar-refractivity contribution in [2.24, 2.45) is 0 Å². The van der Waals surface area contributed by atoms with Crippen LogP contribution in [0.1, 0.15) is 99.7 Å². The number of likely N-dealkylation sites (tertiary alicyclic amines) is 3. The number of furan rings is 1. The molecular weight excluding hydrogens is 699 g/mol. The Bertz CT molecular complexity index is 2130. The van der Waals surface area contributed by atoms with E-state index in [0.717, 1.165) is 55.2 Å². The van der Waals surface area contributed by atoms with Gasteiger partial charge < -0.3 is 44.2 Å². The van der Waals surface area contributed by atoms with Gasteiger partial charge in [-0.15, -0.1) is 0 Å². The number of nitrogens with one attached hydrogen (secondary N) is 3. The van der Waals surface area contributed by atoms with Crippen LogP contribution in [0.2, 0.25) is 0 Å². The number of ketones is 1. The molecule has 1 atom stereocenters. The van der Waals surface area contributed by atoms with E-state index in [4.69, 9.17) is 13.7 Å². The van der Waals surface area contributed by atoms with Gasteiger partial charge in [0.25, 0.3) is 0 Å². The summed E-state index contributed by atoms with van der Waals surface area (Å²) in [7, 11) is 0. The minimum absolute atomic E-state index is 0.187. The number of hydrogen-bond donors (Lipinski definition) is 4. The van der Waals surface area contributed by atoms with Crippen LogP contribution in [0.15, 0.2) is 57.5 Å². The molecule has 1 amide bonds. The zero-order valence-electron chi connectivity index (χ0n) is 32.2. The van der Waals surface area contributed by atoms with Gasteiger partial charge in [-0.25, -0.2) is 4.79 Å². The summed E-state index contributed by atoms with van der Waals surface area (Å²) in [6.45, 7) is 12.4. The van der Waals surface area contributed by atoms with Crippen LogP contribution in [-0.2, 0) is 12.0 Å². The van der Waals surface area contributed by atoms with E-state index in [0.29, 0.717) is 65.4 Å². The highest BCUT2D eigenvalue weighted by Gasteiger charge is 2.30. The van der Waals surface area contributed by atoms with Crippen LogP contribution in [0.5, 0.6) is 5.75 Å². The molecule has 3 aliphatic rings. The number of fused-ring (bicyclic) bond motifs is 2. The number of carbonyl (C=O) groups excluding carboxylic acids is 2. The summed E-state index contributed by atoms with van der Waals surface area (Å²) in [6.07, 6.45) is 7.82. The molecule has 3 fully saturated rings. The number of benzene rings is 2. The third-order valence-corrected chi connectivity index (χ3v) is 11.4. The van der Waals surface area contributed by atoms with Gasteiger partial charge in [-0.3, -0.25) is 9.69 Å². The molecule has 6 heterocycles. The Kier molecular flexibility index (Phi) is 10.6. The number of H-pyrrole nitrogens is 1. The van der Waals surface area contributed by atoms with E-state index < -0.39 is 6.35 Å². The van der Waals surface area contributed by atoms with Crippen molar-refractivity contribution in [2.45, 2.75) is 96.5 Å². The minimum atomic E-state index is -1.14. The van der Waals surface area contributed by atoms with Gasteiger partial charge in [0.15, 0.2) is 11.6 Å². The van der Waals surface area contributed by atoms with E-state index in [1.165, 1.54) is 38.8 Å². The number of nitrogens with zero attached hydrogens (tertiary/aromatic N) is 4. The van der Waals surface area contributed by atoms with Gasteiger partial charge in [-0.2, -0.15) is 0 Å². The molecule has 2 aromatic carbocycles. The maximum Gasteiger partial charge on any atom is 0.415 e. The fourth-order valence-electron chi connectivity index (χ4n) is 8.23. The van der Waals surface area contributed by atoms with Crippen LogP contribution in [0.3, 0.4) is 0 Å². The summed E-state index contributed by atoms with van der Waals surface area (Å²) in [5.74, 6) is 1.55. The molecule has 13 heteroatoms. The summed E-state index contributed by atoms with van der Waals surface area (Å²) < 4.78 is 17.6. The third-order valence-electron chi connectivity index (χ3n) is 11.4. The fourth-order valence-corrected chi connectivity index (χ4v) is 8.23. The number of amides is 1. The smallest absolute Gasteiger partial charge is 0.415 e. The Hall–Kier alpha value is -4.85. The summed E-state index contributed by atoms with van der Waals surface area (Å²) >= 11 is 0. The van der Waals surface area contributed by atoms with Crippen molar-refractivity contribution < 1.29 is 28.4 Å². The second-order valence-corrected chi connectivity index (χ2v) is 16.4. The van der Waals surface area contributed by atoms with Gasteiger partial charge in [0.05, 0.1) is 5.69 Å². The first kappa shape index (κ1) is 37.1. The zero-order valence-corrected chi connectivity index (χ0v) is 32.2. The van der Waals surface area contributed by atoms with Crippen molar-refractivity contribution in [1.82, 2.24) is 24.8 Å². The highest BCUT2D eigenvalue weighted by Crippen LogP contribution is 2.34. The average Bonchev–Trinajstić information content (AvgIpc) is 3.95. The zero-order chi connectivity index (χ0) is 38.1. The normalized spacial score (nSPS) is 18.5. The Morgan fingerprint density at radius 3 is 2.40 bits per heavy atom. The first-order valence-electron chi connectivity index (χ1n) is 19.9. The van der Waals surface area contributed by atoms with E-state index >= 15 is 0 Å². The summed E-state index contributed by atoms with van der Waals surface area (Å²) in [5, 5.41) is 22.1. The summed E-state index contributed by atoms with van der Waals surface area (Å²) in [5.41, 5.74) is 3.03. The van der Waals surface area contributed by atoms with Crippen LogP contribution in [0.4, 0.5) is 16.3 Å². The first-order chi connectivity index (χ1) is 26.6. The predicted octanol–water partition coefficient (Wildman–Crippen LogP) is 7.67. The van der Waals surface area contributed by atoms with Gasteiger partial charge >= 0.3 is 6.09 Å². The second-order valence-electron chi connectivity index (χ2n) is 16.4. The summed E-state index contributed by atoms with van der Waals surface area (Å²) in [6, 6.07) is 14.9. The van der Waals surface area contributed by atoms with Crippen molar-refractivity contribution in [3.8, 4) is 5.75 Å². The Balaban J connectivity index is 0.980. The molecule has 292 valence electrons. The number of aliphatic hydroxyl groups excluding tert-OH is 1. The molecule has 13 nitrogen and oxygen atoms in total. The molecule has 0 spiro atoms. The van der Waals surface area contributed by atoms with E-state index in [1.807, 2.05) is 49.9 Å². The molecule has 5 aromatic rings. The molecule has 0 aliphatic carbocycles. The topological polar surface area (TPSA) is 152 Å². The molecule has 3 aliphatic heterocycles. The third kappa shape index (κ3) is 8.39. The van der Waals surface area contributed by atoms with Crippen LogP contribution in [0.25, 0.3) is 21.9 Å². The number of ether oxygens (including phenoxy) is 1. The number of carbonyl (C=O) groups is 2. The number of anilines is 2. The number of aromatic amines is 1. The van der Waals surface area contributed by atoms with Gasteiger partial charge in [-0.1, -0.05) is 38.8 Å².